The Morgan fingerprint density at radius 3 is 2.47 bits per heavy atom. The Morgan fingerprint density at radius 2 is 2.06 bits per heavy atom. The van der Waals surface area contributed by atoms with Crippen LogP contribution in [-0.2, 0) is 14.3 Å². The molecule has 0 aromatic carbocycles. The zero-order chi connectivity index (χ0) is 13.0. The molecule has 0 unspecified atom stereocenters. The number of hydrogen-bond donors (Lipinski definition) is 1. The van der Waals surface area contributed by atoms with E-state index in [9.17, 15) is 14.4 Å². The molecule has 0 bridgehead atoms. The van der Waals surface area contributed by atoms with Crippen LogP contribution in [0.3, 0.4) is 0 Å². The number of ether oxygens (including phenoxy) is 1. The van der Waals surface area contributed by atoms with E-state index < -0.39 is 12.1 Å². The SMILES string of the molecule is COC(=O)N[C@H](C(=O)N1CCC(=O)C1)C(C)C. The molecule has 1 saturated heterocycles. The van der Waals surface area contributed by atoms with E-state index in [1.807, 2.05) is 13.8 Å². The van der Waals surface area contributed by atoms with E-state index in [0.29, 0.717) is 13.0 Å². The van der Waals surface area contributed by atoms with E-state index in [2.05, 4.69) is 10.1 Å². The van der Waals surface area contributed by atoms with Crippen LogP contribution in [0.25, 0.3) is 0 Å². The van der Waals surface area contributed by atoms with Crippen LogP contribution in [0.4, 0.5) is 4.79 Å². The zero-order valence-electron chi connectivity index (χ0n) is 10.4. The minimum atomic E-state index is -0.645. The van der Waals surface area contributed by atoms with E-state index >= 15 is 0 Å². The number of likely N-dealkylation sites (tertiary alicyclic amines) is 1. The highest BCUT2D eigenvalue weighted by molar-refractivity contribution is 5.92. The monoisotopic (exact) mass is 242 g/mol. The molecular weight excluding hydrogens is 224 g/mol. The van der Waals surface area contributed by atoms with E-state index in [0.717, 1.165) is 0 Å². The van der Waals surface area contributed by atoms with Gasteiger partial charge in [-0.05, 0) is 5.92 Å². The number of amides is 2. The maximum atomic E-state index is 12.1. The van der Waals surface area contributed by atoms with Crippen LogP contribution in [0.1, 0.15) is 20.3 Å². The molecule has 1 aliphatic heterocycles. The van der Waals surface area contributed by atoms with Gasteiger partial charge in [-0.3, -0.25) is 9.59 Å². The Morgan fingerprint density at radius 1 is 1.41 bits per heavy atom. The lowest BCUT2D eigenvalue weighted by Crippen LogP contribution is -2.50. The number of nitrogens with zero attached hydrogens (tertiary/aromatic N) is 1. The number of alkyl carbamates (subject to hydrolysis) is 1. The van der Waals surface area contributed by atoms with Crippen LogP contribution in [0, 0.1) is 5.92 Å². The van der Waals surface area contributed by atoms with Gasteiger partial charge in [-0.15, -0.1) is 0 Å². The molecule has 1 aliphatic rings. The molecule has 2 amide bonds. The number of methoxy groups -OCH3 is 1. The van der Waals surface area contributed by atoms with Crippen LogP contribution in [0.2, 0.25) is 0 Å². The average molecular weight is 242 g/mol. The summed E-state index contributed by atoms with van der Waals surface area (Å²) in [5, 5.41) is 2.49. The van der Waals surface area contributed by atoms with Crippen LogP contribution in [-0.4, -0.2) is 48.9 Å². The summed E-state index contributed by atoms with van der Waals surface area (Å²) in [7, 11) is 1.25. The lowest BCUT2D eigenvalue weighted by molar-refractivity contribution is -0.134. The summed E-state index contributed by atoms with van der Waals surface area (Å²) in [6.45, 7) is 4.24. The van der Waals surface area contributed by atoms with E-state index in [1.54, 1.807) is 0 Å². The van der Waals surface area contributed by atoms with E-state index in [4.69, 9.17) is 0 Å². The summed E-state index contributed by atoms with van der Waals surface area (Å²) < 4.78 is 4.48. The molecule has 1 atom stereocenters. The largest absolute Gasteiger partial charge is 0.453 e. The molecule has 6 heteroatoms. The van der Waals surface area contributed by atoms with Crippen molar-refractivity contribution in [2.24, 2.45) is 5.92 Å². The quantitative estimate of drug-likeness (QED) is 0.765. The second-order valence-corrected chi connectivity index (χ2v) is 4.41. The predicted octanol–water partition coefficient (Wildman–Crippen LogP) is 0.168. The molecule has 0 aromatic rings. The van der Waals surface area contributed by atoms with Crippen molar-refractivity contribution in [3.63, 3.8) is 0 Å². The Labute approximate surface area is 100 Å². The highest BCUT2D eigenvalue weighted by Crippen LogP contribution is 2.11. The van der Waals surface area contributed by atoms with Gasteiger partial charge in [-0.2, -0.15) is 0 Å². The summed E-state index contributed by atoms with van der Waals surface area (Å²) in [4.78, 5) is 35.8. The first-order chi connectivity index (χ1) is 7.95. The summed E-state index contributed by atoms with van der Waals surface area (Å²) in [5.74, 6) is -0.229. The Hall–Kier alpha value is -1.59. The normalized spacial score (nSPS) is 17.2. The molecule has 0 radical (unpaired) electrons. The van der Waals surface area contributed by atoms with Crippen molar-refractivity contribution in [1.29, 1.82) is 0 Å². The fourth-order valence-corrected chi connectivity index (χ4v) is 1.71. The van der Waals surface area contributed by atoms with Crippen molar-refractivity contribution in [3.05, 3.63) is 0 Å². The van der Waals surface area contributed by atoms with Gasteiger partial charge in [0, 0.05) is 13.0 Å². The molecule has 1 N–H and O–H groups in total. The molecule has 0 saturated carbocycles. The number of carbonyl (C=O) groups is 3. The lowest BCUT2D eigenvalue weighted by Gasteiger charge is -2.25. The first-order valence-corrected chi connectivity index (χ1v) is 5.60. The smallest absolute Gasteiger partial charge is 0.407 e. The topological polar surface area (TPSA) is 75.7 Å². The Balaban J connectivity index is 2.67. The number of Topliss-reactive ketones (excluding diaryl/α,β-unsaturated/α-hetero) is 1. The molecular formula is C11H18N2O4. The van der Waals surface area contributed by atoms with Crippen molar-refractivity contribution < 1.29 is 19.1 Å². The van der Waals surface area contributed by atoms with Gasteiger partial charge in [-0.1, -0.05) is 13.8 Å². The highest BCUT2D eigenvalue weighted by Gasteiger charge is 2.32. The van der Waals surface area contributed by atoms with Gasteiger partial charge in [0.15, 0.2) is 5.78 Å². The minimum Gasteiger partial charge on any atom is -0.453 e. The molecule has 1 fully saturated rings. The van der Waals surface area contributed by atoms with Gasteiger partial charge in [0.05, 0.1) is 13.7 Å². The fourth-order valence-electron chi connectivity index (χ4n) is 1.71. The summed E-state index contributed by atoms with van der Waals surface area (Å²) in [5.41, 5.74) is 0. The number of carbonyl (C=O) groups excluding carboxylic acids is 3. The second-order valence-electron chi connectivity index (χ2n) is 4.41. The average Bonchev–Trinajstić information content (AvgIpc) is 2.71. The third-order valence-electron chi connectivity index (χ3n) is 2.73. The Kier molecular flexibility index (Phi) is 4.48. The van der Waals surface area contributed by atoms with E-state index in [1.165, 1.54) is 12.0 Å². The van der Waals surface area contributed by atoms with Gasteiger partial charge in [0.25, 0.3) is 0 Å². The number of ketones is 1. The van der Waals surface area contributed by atoms with Gasteiger partial charge in [0.1, 0.15) is 6.04 Å². The van der Waals surface area contributed by atoms with Gasteiger partial charge >= 0.3 is 6.09 Å². The fraction of sp³-hybridized carbons (Fsp3) is 0.727. The Bertz CT molecular complexity index is 327. The predicted molar refractivity (Wildman–Crippen MR) is 60.4 cm³/mol. The maximum Gasteiger partial charge on any atom is 0.407 e. The van der Waals surface area contributed by atoms with Crippen molar-refractivity contribution in [2.75, 3.05) is 20.2 Å². The number of nitrogens with one attached hydrogen (secondary N) is 1. The summed E-state index contributed by atoms with van der Waals surface area (Å²) >= 11 is 0. The van der Waals surface area contributed by atoms with Crippen molar-refractivity contribution in [3.8, 4) is 0 Å². The van der Waals surface area contributed by atoms with Crippen molar-refractivity contribution in [1.82, 2.24) is 10.2 Å². The molecule has 0 spiro atoms. The molecule has 17 heavy (non-hydrogen) atoms. The minimum absolute atomic E-state index is 0.0546. The lowest BCUT2D eigenvalue weighted by atomic mass is 10.0. The van der Waals surface area contributed by atoms with Crippen LogP contribution < -0.4 is 5.32 Å². The first kappa shape index (κ1) is 13.5. The highest BCUT2D eigenvalue weighted by atomic mass is 16.5. The zero-order valence-corrected chi connectivity index (χ0v) is 10.4. The van der Waals surface area contributed by atoms with Crippen molar-refractivity contribution >= 4 is 17.8 Å². The maximum absolute atomic E-state index is 12.1. The molecule has 0 aromatic heterocycles. The third-order valence-corrected chi connectivity index (χ3v) is 2.73. The van der Waals surface area contributed by atoms with Crippen LogP contribution in [0.15, 0.2) is 0 Å². The molecule has 0 aliphatic carbocycles. The molecule has 1 rings (SSSR count). The second kappa shape index (κ2) is 5.65. The first-order valence-electron chi connectivity index (χ1n) is 5.60. The van der Waals surface area contributed by atoms with Gasteiger partial charge in [0.2, 0.25) is 5.91 Å². The number of hydrogen-bond acceptors (Lipinski definition) is 4. The molecule has 1 heterocycles. The summed E-state index contributed by atoms with van der Waals surface area (Å²) in [6.07, 6.45) is -0.239. The standard InChI is InChI=1S/C11H18N2O4/c1-7(2)9(12-11(16)17-3)10(15)13-5-4-8(14)6-13/h7,9H,4-6H2,1-3H3,(H,12,16)/t9-/m0/s1. The molecule has 96 valence electrons. The third kappa shape index (κ3) is 3.44. The van der Waals surface area contributed by atoms with Gasteiger partial charge in [-0.25, -0.2) is 4.79 Å². The van der Waals surface area contributed by atoms with Gasteiger partial charge < -0.3 is 15.0 Å². The number of rotatable bonds is 3. The van der Waals surface area contributed by atoms with E-state index in [-0.39, 0.29) is 24.2 Å². The van der Waals surface area contributed by atoms with Crippen LogP contribution in [0.5, 0.6) is 0 Å². The van der Waals surface area contributed by atoms with Crippen LogP contribution >= 0.6 is 0 Å². The summed E-state index contributed by atoms with van der Waals surface area (Å²) in [6, 6.07) is -0.645. The molecule has 6 nitrogen and oxygen atoms in total. The van der Waals surface area contributed by atoms with Crippen molar-refractivity contribution in [2.45, 2.75) is 26.3 Å².